The molecule has 3 aromatic rings. The molecule has 33 heavy (non-hydrogen) atoms. The number of carbonyl (C=O) groups is 1. The van der Waals surface area contributed by atoms with Crippen LogP contribution in [0.1, 0.15) is 28.3 Å². The van der Waals surface area contributed by atoms with Gasteiger partial charge >= 0.3 is 5.97 Å². The molecule has 170 valence electrons. The predicted octanol–water partition coefficient (Wildman–Crippen LogP) is 4.25. The van der Waals surface area contributed by atoms with Crippen molar-refractivity contribution in [1.82, 2.24) is 4.72 Å². The molecule has 0 radical (unpaired) electrons. The zero-order valence-corrected chi connectivity index (χ0v) is 19.2. The van der Waals surface area contributed by atoms with Crippen LogP contribution in [-0.2, 0) is 21.2 Å². The summed E-state index contributed by atoms with van der Waals surface area (Å²) in [6.45, 7) is 2.08. The fourth-order valence-electron chi connectivity index (χ4n) is 3.20. The first kappa shape index (κ1) is 24.3. The van der Waals surface area contributed by atoms with Gasteiger partial charge in [-0.2, -0.15) is 9.98 Å². The highest BCUT2D eigenvalue weighted by Crippen LogP contribution is 2.26. The molecular weight excluding hydrogens is 464 g/mol. The molecule has 0 aromatic heterocycles. The van der Waals surface area contributed by atoms with E-state index in [-0.39, 0.29) is 15.5 Å². The summed E-state index contributed by atoms with van der Waals surface area (Å²) in [5.74, 6) is -0.943. The summed E-state index contributed by atoms with van der Waals surface area (Å²) in [5, 5.41) is 18.6. The van der Waals surface area contributed by atoms with Crippen molar-refractivity contribution in [2.24, 2.45) is 0 Å². The van der Waals surface area contributed by atoms with E-state index in [1.165, 1.54) is 24.3 Å². The molecule has 3 rings (SSSR count). The first-order valence-corrected chi connectivity index (χ1v) is 11.8. The van der Waals surface area contributed by atoms with Gasteiger partial charge in [-0.25, -0.2) is 8.42 Å². The molecule has 0 spiro atoms. The largest absolute Gasteiger partial charge is 0.493 e. The van der Waals surface area contributed by atoms with Crippen LogP contribution in [0.2, 0.25) is 5.02 Å². The lowest BCUT2D eigenvalue weighted by Gasteiger charge is -2.18. The van der Waals surface area contributed by atoms with Crippen molar-refractivity contribution in [3.05, 3.63) is 94.0 Å². The summed E-state index contributed by atoms with van der Waals surface area (Å²) < 4.78 is 33.6. The highest BCUT2D eigenvalue weighted by molar-refractivity contribution is 7.89. The SMILES string of the molecule is Cc1cc(OCCc2ccc(C#N)cc2)cc(C(NS(=O)(=O)c2ccccc2Cl)C(=O)O)c1. The zero-order chi connectivity index (χ0) is 24.0. The maximum Gasteiger partial charge on any atom is 0.326 e. The molecule has 0 saturated carbocycles. The summed E-state index contributed by atoms with van der Waals surface area (Å²) in [4.78, 5) is 11.7. The van der Waals surface area contributed by atoms with Crippen LogP contribution in [0.25, 0.3) is 0 Å². The minimum Gasteiger partial charge on any atom is -0.493 e. The van der Waals surface area contributed by atoms with E-state index in [9.17, 15) is 18.3 Å². The Hall–Kier alpha value is -3.38. The number of carboxylic acids is 1. The molecule has 0 aliphatic heterocycles. The van der Waals surface area contributed by atoms with Crippen molar-refractivity contribution in [3.8, 4) is 11.8 Å². The first-order chi connectivity index (χ1) is 15.7. The number of benzene rings is 3. The Bertz CT molecular complexity index is 1300. The maximum absolute atomic E-state index is 12.8. The number of nitrogens with one attached hydrogen (secondary N) is 1. The second kappa shape index (κ2) is 10.5. The number of aliphatic carboxylic acids is 1. The number of hydrogen-bond acceptors (Lipinski definition) is 5. The summed E-state index contributed by atoms with van der Waals surface area (Å²) in [5.41, 5.74) is 2.50. The molecule has 0 heterocycles. The lowest BCUT2D eigenvalue weighted by Crippen LogP contribution is -2.34. The Balaban J connectivity index is 1.78. The van der Waals surface area contributed by atoms with Crippen LogP contribution in [0.3, 0.4) is 0 Å². The van der Waals surface area contributed by atoms with Crippen LogP contribution in [0.4, 0.5) is 0 Å². The second-order valence-electron chi connectivity index (χ2n) is 7.31. The highest BCUT2D eigenvalue weighted by Gasteiger charge is 2.28. The Kier molecular flexibility index (Phi) is 7.71. The highest BCUT2D eigenvalue weighted by atomic mass is 35.5. The molecule has 1 unspecified atom stereocenters. The van der Waals surface area contributed by atoms with Crippen molar-refractivity contribution >= 4 is 27.6 Å². The van der Waals surface area contributed by atoms with Crippen LogP contribution < -0.4 is 9.46 Å². The number of nitriles is 1. The Morgan fingerprint density at radius 2 is 1.85 bits per heavy atom. The van der Waals surface area contributed by atoms with Crippen LogP contribution in [0.5, 0.6) is 5.75 Å². The number of carboxylic acid groups (broad SMARTS) is 1. The number of hydrogen-bond donors (Lipinski definition) is 2. The predicted molar refractivity (Wildman–Crippen MR) is 124 cm³/mol. The average Bonchev–Trinajstić information content (AvgIpc) is 2.77. The molecule has 0 amide bonds. The van der Waals surface area contributed by atoms with Gasteiger partial charge in [0.2, 0.25) is 10.0 Å². The van der Waals surface area contributed by atoms with Crippen LogP contribution in [-0.4, -0.2) is 26.1 Å². The van der Waals surface area contributed by atoms with Gasteiger partial charge in [0, 0.05) is 6.42 Å². The first-order valence-electron chi connectivity index (χ1n) is 9.93. The van der Waals surface area contributed by atoms with Crippen molar-refractivity contribution < 1.29 is 23.1 Å². The van der Waals surface area contributed by atoms with Crippen molar-refractivity contribution in [2.75, 3.05) is 6.61 Å². The molecule has 9 heteroatoms. The van der Waals surface area contributed by atoms with Crippen molar-refractivity contribution in [3.63, 3.8) is 0 Å². The Morgan fingerprint density at radius 1 is 1.15 bits per heavy atom. The fraction of sp³-hybridized carbons (Fsp3) is 0.167. The van der Waals surface area contributed by atoms with E-state index in [0.717, 1.165) is 5.56 Å². The standard InChI is InChI=1S/C24H21ClN2O5S/c1-16-12-19(14-20(13-16)32-11-10-17-6-8-18(15-26)9-7-17)23(24(28)29)27-33(30,31)22-5-3-2-4-21(22)25/h2-9,12-14,23,27H,10-11H2,1H3,(H,28,29). The third-order valence-corrected chi connectivity index (χ3v) is 6.72. The van der Waals surface area contributed by atoms with Crippen LogP contribution >= 0.6 is 11.6 Å². The minimum absolute atomic E-state index is 0.00907. The monoisotopic (exact) mass is 484 g/mol. The molecular formula is C24H21ClN2O5S. The summed E-state index contributed by atoms with van der Waals surface area (Å²) in [6.07, 6.45) is 0.580. The normalized spacial score (nSPS) is 12.0. The van der Waals surface area contributed by atoms with Gasteiger partial charge in [-0.3, -0.25) is 4.79 Å². The quantitative estimate of drug-likeness (QED) is 0.469. The van der Waals surface area contributed by atoms with E-state index in [2.05, 4.69) is 10.8 Å². The number of nitrogens with zero attached hydrogens (tertiary/aromatic N) is 1. The third-order valence-electron chi connectivity index (χ3n) is 4.80. The van der Waals surface area contributed by atoms with Gasteiger partial charge in [-0.15, -0.1) is 0 Å². The lowest BCUT2D eigenvalue weighted by molar-refractivity contribution is -0.139. The van der Waals surface area contributed by atoms with Crippen LogP contribution in [0.15, 0.2) is 71.6 Å². The van der Waals surface area contributed by atoms with E-state index < -0.39 is 22.0 Å². The Morgan fingerprint density at radius 3 is 2.48 bits per heavy atom. The number of sulfonamides is 1. The van der Waals surface area contributed by atoms with Gasteiger partial charge in [0.15, 0.2) is 0 Å². The molecule has 0 fully saturated rings. The van der Waals surface area contributed by atoms with E-state index in [1.54, 1.807) is 37.3 Å². The molecule has 3 aromatic carbocycles. The van der Waals surface area contributed by atoms with Gasteiger partial charge in [0.25, 0.3) is 0 Å². The number of halogens is 1. The van der Waals surface area contributed by atoms with Gasteiger partial charge in [-0.1, -0.05) is 41.9 Å². The van der Waals surface area contributed by atoms with E-state index in [4.69, 9.17) is 21.6 Å². The van der Waals surface area contributed by atoms with Gasteiger partial charge in [-0.05, 0) is 60.0 Å². The van der Waals surface area contributed by atoms with Gasteiger partial charge < -0.3 is 9.84 Å². The molecule has 0 aliphatic rings. The van der Waals surface area contributed by atoms with Gasteiger partial charge in [0.05, 0.1) is 23.3 Å². The molecule has 0 saturated heterocycles. The molecule has 2 N–H and O–H groups in total. The third kappa shape index (κ3) is 6.33. The topological polar surface area (TPSA) is 116 Å². The number of aryl methyl sites for hydroxylation is 1. The van der Waals surface area contributed by atoms with Crippen molar-refractivity contribution in [2.45, 2.75) is 24.3 Å². The molecule has 0 bridgehead atoms. The summed E-state index contributed by atoms with van der Waals surface area (Å²) >= 11 is 5.99. The minimum atomic E-state index is -4.19. The maximum atomic E-state index is 12.8. The Labute approximate surface area is 197 Å². The zero-order valence-electron chi connectivity index (χ0n) is 17.7. The van der Waals surface area contributed by atoms with E-state index in [1.807, 2.05) is 12.1 Å². The number of rotatable bonds is 9. The van der Waals surface area contributed by atoms with E-state index in [0.29, 0.717) is 29.9 Å². The van der Waals surface area contributed by atoms with Crippen molar-refractivity contribution in [1.29, 1.82) is 5.26 Å². The smallest absolute Gasteiger partial charge is 0.326 e. The molecule has 1 atom stereocenters. The summed E-state index contributed by atoms with van der Waals surface area (Å²) in [6, 6.07) is 18.3. The van der Waals surface area contributed by atoms with Gasteiger partial charge in [0.1, 0.15) is 16.7 Å². The number of ether oxygens (including phenoxy) is 1. The fourth-order valence-corrected chi connectivity index (χ4v) is 4.90. The molecule has 7 nitrogen and oxygen atoms in total. The second-order valence-corrected chi connectivity index (χ2v) is 9.40. The molecule has 0 aliphatic carbocycles. The lowest BCUT2D eigenvalue weighted by atomic mass is 10.0. The average molecular weight is 485 g/mol. The van der Waals surface area contributed by atoms with E-state index >= 15 is 0 Å². The summed E-state index contributed by atoms with van der Waals surface area (Å²) in [7, 11) is -4.19. The van der Waals surface area contributed by atoms with Crippen LogP contribution in [0, 0.1) is 18.3 Å².